The van der Waals surface area contributed by atoms with Gasteiger partial charge in [0.2, 0.25) is 10.0 Å². The van der Waals surface area contributed by atoms with E-state index in [0.717, 1.165) is 37.3 Å². The molecule has 1 aliphatic heterocycles. The van der Waals surface area contributed by atoms with Gasteiger partial charge in [0.05, 0.1) is 16.9 Å². The van der Waals surface area contributed by atoms with Crippen LogP contribution in [-0.2, 0) is 27.5 Å². The molecule has 4 rings (SSSR count). The number of rotatable bonds is 11. The van der Waals surface area contributed by atoms with Crippen molar-refractivity contribution >= 4 is 27.8 Å². The van der Waals surface area contributed by atoms with Gasteiger partial charge >= 0.3 is 6.18 Å². The topological polar surface area (TPSA) is 95.0 Å². The summed E-state index contributed by atoms with van der Waals surface area (Å²) in [4.78, 5) is 25.4. The molecule has 0 unspecified atom stereocenters. The van der Waals surface area contributed by atoms with E-state index in [2.05, 4.69) is 14.7 Å². The van der Waals surface area contributed by atoms with Gasteiger partial charge in [-0.25, -0.2) is 13.1 Å². The Hall–Kier alpha value is -3.35. The lowest BCUT2D eigenvalue weighted by Gasteiger charge is -2.35. The van der Waals surface area contributed by atoms with Crippen LogP contribution in [0.2, 0.25) is 0 Å². The molecule has 1 N–H and O–H groups in total. The zero-order valence-corrected chi connectivity index (χ0v) is 26.7. The molecule has 8 nitrogen and oxygen atoms in total. The van der Waals surface area contributed by atoms with Crippen LogP contribution < -0.4 is 4.72 Å². The molecule has 12 heteroatoms. The first-order valence-electron chi connectivity index (χ1n) is 15.6. The molecule has 2 fully saturated rings. The number of pyridine rings is 1. The molecular formula is C33H42F3N5O3S. The molecule has 1 aliphatic carbocycles. The van der Waals surface area contributed by atoms with Crippen molar-refractivity contribution in [2.75, 3.05) is 32.7 Å². The number of aromatic nitrogens is 1. The van der Waals surface area contributed by atoms with E-state index >= 15 is 0 Å². The van der Waals surface area contributed by atoms with Crippen molar-refractivity contribution < 1.29 is 26.4 Å². The molecule has 1 aromatic heterocycles. The largest absolute Gasteiger partial charge is 0.418 e. The summed E-state index contributed by atoms with van der Waals surface area (Å²) in [6.07, 6.45) is 9.58. The molecule has 0 radical (unpaired) electrons. The quantitative estimate of drug-likeness (QED) is 0.174. The Labute approximate surface area is 264 Å². The summed E-state index contributed by atoms with van der Waals surface area (Å²) in [5, 5.41) is 0. The van der Waals surface area contributed by atoms with Crippen molar-refractivity contribution in [1.29, 1.82) is 0 Å². The van der Waals surface area contributed by atoms with Gasteiger partial charge in [-0.2, -0.15) is 13.2 Å². The number of benzene rings is 1. The average Bonchev–Trinajstić information content (AvgIpc) is 3.03. The minimum Gasteiger partial charge on any atom is -0.336 e. The van der Waals surface area contributed by atoms with Crippen LogP contribution in [0.4, 0.5) is 18.9 Å². The summed E-state index contributed by atoms with van der Waals surface area (Å²) in [5.74, 6) is 0.0821. The maximum Gasteiger partial charge on any atom is 0.418 e. The maximum atomic E-state index is 13.4. The maximum absolute atomic E-state index is 13.4. The van der Waals surface area contributed by atoms with E-state index < -0.39 is 21.8 Å². The fourth-order valence-electron chi connectivity index (χ4n) is 5.96. The number of para-hydroxylation sites is 1. The Balaban J connectivity index is 1.37. The number of hydrogen-bond acceptors (Lipinski definition) is 6. The molecule has 2 aliphatic rings. The van der Waals surface area contributed by atoms with E-state index in [1.165, 1.54) is 18.7 Å². The number of aliphatic imine (C=N–C) groups is 1. The zero-order valence-electron chi connectivity index (χ0n) is 25.9. The molecule has 2 aromatic rings. The van der Waals surface area contributed by atoms with Crippen LogP contribution in [0, 0.1) is 0 Å². The number of hydrogen-bond donors (Lipinski definition) is 1. The molecule has 1 saturated carbocycles. The summed E-state index contributed by atoms with van der Waals surface area (Å²) in [6, 6.07) is 7.63. The van der Waals surface area contributed by atoms with Gasteiger partial charge < -0.3 is 4.90 Å². The number of amides is 1. The third kappa shape index (κ3) is 9.11. The third-order valence-corrected chi connectivity index (χ3v) is 9.67. The lowest BCUT2D eigenvalue weighted by Crippen LogP contribution is -2.48. The number of nitrogens with zero attached hydrogens (tertiary/aromatic N) is 4. The normalized spacial score (nSPS) is 17.9. The van der Waals surface area contributed by atoms with E-state index in [0.29, 0.717) is 43.9 Å². The second-order valence-electron chi connectivity index (χ2n) is 11.3. The van der Waals surface area contributed by atoms with Crippen molar-refractivity contribution in [1.82, 2.24) is 19.5 Å². The number of carbonyl (C=O) groups excluding carboxylic acids is 1. The Morgan fingerprint density at radius 3 is 2.49 bits per heavy atom. The van der Waals surface area contributed by atoms with Crippen molar-refractivity contribution in [2.24, 2.45) is 4.99 Å². The molecule has 1 aromatic carbocycles. The molecule has 45 heavy (non-hydrogen) atoms. The highest BCUT2D eigenvalue weighted by atomic mass is 32.2. The first-order valence-corrected chi connectivity index (χ1v) is 17.0. The molecule has 0 atom stereocenters. The van der Waals surface area contributed by atoms with E-state index in [-0.39, 0.29) is 35.5 Å². The first-order chi connectivity index (χ1) is 21.5. The standard InChI is InChI=1S/C33H42F3N5O3S/c1-3-11-26(32(42)41-22-20-40(21-23-41)24-29-28(33(34,35)36)16-10-18-38-29)14-9-19-39-45(43,44)30-17-8-15-27(31(30)37-4-2)25-12-6-5-7-13-25/h4,8-11,14-18,25,39H,3,5-7,12-13,19-24H2,1-2H3/b14-9-,26-11+,37-4?. The summed E-state index contributed by atoms with van der Waals surface area (Å²) < 4.78 is 69.5. The fraction of sp³-hybridized carbons (Fsp3) is 0.485. The van der Waals surface area contributed by atoms with Crippen molar-refractivity contribution in [2.45, 2.75) is 75.9 Å². The van der Waals surface area contributed by atoms with Gasteiger partial charge in [-0.15, -0.1) is 0 Å². The number of nitrogens with one attached hydrogen (secondary N) is 1. The predicted molar refractivity (Wildman–Crippen MR) is 170 cm³/mol. The summed E-state index contributed by atoms with van der Waals surface area (Å²) >= 11 is 0. The van der Waals surface area contributed by atoms with E-state index in [9.17, 15) is 26.4 Å². The van der Waals surface area contributed by atoms with Gasteiger partial charge in [-0.3, -0.25) is 19.7 Å². The molecule has 1 amide bonds. The summed E-state index contributed by atoms with van der Waals surface area (Å²) in [7, 11) is -3.88. The van der Waals surface area contributed by atoms with Gasteiger partial charge in [0, 0.05) is 57.3 Å². The predicted octanol–water partition coefficient (Wildman–Crippen LogP) is 6.39. The Bertz CT molecular complexity index is 1510. The van der Waals surface area contributed by atoms with E-state index in [1.54, 1.807) is 48.4 Å². The number of sulfonamides is 1. The zero-order chi connectivity index (χ0) is 32.5. The number of piperazine rings is 1. The van der Waals surface area contributed by atoms with Crippen LogP contribution in [0.5, 0.6) is 0 Å². The van der Waals surface area contributed by atoms with Gasteiger partial charge in [-0.1, -0.05) is 56.5 Å². The van der Waals surface area contributed by atoms with Crippen LogP contribution in [0.15, 0.2) is 70.2 Å². The van der Waals surface area contributed by atoms with Crippen LogP contribution in [-0.4, -0.2) is 68.0 Å². The minimum atomic E-state index is -4.48. The number of halogens is 3. The molecule has 2 heterocycles. The molecular weight excluding hydrogens is 603 g/mol. The van der Waals surface area contributed by atoms with Gasteiger partial charge in [0.1, 0.15) is 4.90 Å². The lowest BCUT2D eigenvalue weighted by molar-refractivity contribution is -0.138. The highest BCUT2D eigenvalue weighted by Gasteiger charge is 2.34. The molecule has 1 saturated heterocycles. The monoisotopic (exact) mass is 645 g/mol. The minimum absolute atomic E-state index is 0.0149. The van der Waals surface area contributed by atoms with Crippen LogP contribution in [0.1, 0.15) is 75.1 Å². The van der Waals surface area contributed by atoms with Crippen LogP contribution in [0.3, 0.4) is 0 Å². The highest BCUT2D eigenvalue weighted by molar-refractivity contribution is 7.89. The Morgan fingerprint density at radius 2 is 1.82 bits per heavy atom. The number of allylic oxidation sites excluding steroid dienone is 1. The third-order valence-electron chi connectivity index (χ3n) is 8.21. The average molecular weight is 646 g/mol. The molecule has 0 bridgehead atoms. The van der Waals surface area contributed by atoms with Crippen molar-refractivity contribution in [3.8, 4) is 0 Å². The number of carbonyl (C=O) groups is 1. The van der Waals surface area contributed by atoms with Gasteiger partial charge in [0.15, 0.2) is 0 Å². The van der Waals surface area contributed by atoms with Crippen LogP contribution in [0.25, 0.3) is 0 Å². The lowest BCUT2D eigenvalue weighted by atomic mass is 9.83. The van der Waals surface area contributed by atoms with E-state index in [4.69, 9.17) is 0 Å². The number of alkyl halides is 3. The van der Waals surface area contributed by atoms with Crippen LogP contribution >= 0.6 is 0 Å². The van der Waals surface area contributed by atoms with Crippen molar-refractivity contribution in [3.63, 3.8) is 0 Å². The summed E-state index contributed by atoms with van der Waals surface area (Å²) in [5.41, 5.74) is 1.11. The molecule has 0 spiro atoms. The Morgan fingerprint density at radius 1 is 1.09 bits per heavy atom. The first kappa shape index (κ1) is 34.5. The smallest absolute Gasteiger partial charge is 0.336 e. The van der Waals surface area contributed by atoms with Crippen molar-refractivity contribution in [3.05, 3.63) is 77.2 Å². The Kier molecular flexibility index (Phi) is 12.1. The second-order valence-corrected chi connectivity index (χ2v) is 13.0. The SMILES string of the molecule is CC=Nc1c(C2CCCCC2)cccc1S(=O)(=O)NC/C=C\C(=C/CC)C(=O)N1CCN(Cc2ncccc2C(F)(F)F)CC1. The van der Waals surface area contributed by atoms with Gasteiger partial charge in [0.25, 0.3) is 5.91 Å². The van der Waals surface area contributed by atoms with E-state index in [1.807, 2.05) is 17.9 Å². The fourth-order valence-corrected chi connectivity index (χ4v) is 7.11. The second kappa shape index (κ2) is 15.8. The molecule has 244 valence electrons. The van der Waals surface area contributed by atoms with Gasteiger partial charge in [-0.05, 0) is 55.9 Å². The summed E-state index contributed by atoms with van der Waals surface area (Å²) in [6.45, 7) is 5.23. The highest BCUT2D eigenvalue weighted by Crippen LogP contribution is 2.40.